The van der Waals surface area contributed by atoms with Crippen LogP contribution in [-0.2, 0) is 32.2 Å². The summed E-state index contributed by atoms with van der Waals surface area (Å²) in [6.45, 7) is 0.109. The van der Waals surface area contributed by atoms with Gasteiger partial charge in [0.25, 0.3) is 0 Å². The molecule has 3 aliphatic rings. The van der Waals surface area contributed by atoms with Crippen molar-refractivity contribution in [2.24, 2.45) is 0 Å². The van der Waals surface area contributed by atoms with Gasteiger partial charge in [0, 0.05) is 0 Å². The summed E-state index contributed by atoms with van der Waals surface area (Å²) in [5.41, 5.74) is 0.551. The van der Waals surface area contributed by atoms with Gasteiger partial charge in [0.1, 0.15) is 0 Å². The van der Waals surface area contributed by atoms with Crippen molar-refractivity contribution >= 4 is 23.1 Å². The molecular weight excluding hydrogens is 374 g/mol. The maximum Gasteiger partial charge on any atom is 0.362 e. The van der Waals surface area contributed by atoms with Gasteiger partial charge in [-0.2, -0.15) is 4.31 Å². The fourth-order valence-corrected chi connectivity index (χ4v) is 4.66. The van der Waals surface area contributed by atoms with E-state index in [1.54, 1.807) is 18.2 Å². The minimum atomic E-state index is -1.92. The van der Waals surface area contributed by atoms with Gasteiger partial charge >= 0.3 is 5.97 Å². The highest BCUT2D eigenvalue weighted by Crippen LogP contribution is 2.38. The Morgan fingerprint density at radius 3 is 2.96 bits per heavy atom. The van der Waals surface area contributed by atoms with Crippen LogP contribution in [0.25, 0.3) is 0 Å². The van der Waals surface area contributed by atoms with Gasteiger partial charge < -0.3 is 23.9 Å². The Morgan fingerprint density at radius 2 is 2.19 bits per heavy atom. The van der Waals surface area contributed by atoms with Crippen molar-refractivity contribution in [2.75, 3.05) is 13.9 Å². The molecule has 0 spiro atoms. The van der Waals surface area contributed by atoms with Crippen molar-refractivity contribution in [3.8, 4) is 11.5 Å². The Balaban J connectivity index is 1.76. The molecule has 0 saturated heterocycles. The van der Waals surface area contributed by atoms with Gasteiger partial charge in [-0.3, -0.25) is 4.79 Å². The maximum absolute atomic E-state index is 13.1. The molecule has 2 heterocycles. The lowest BCUT2D eigenvalue weighted by atomic mass is 10.00. The van der Waals surface area contributed by atoms with Gasteiger partial charge in [-0.1, -0.05) is 12.1 Å². The van der Waals surface area contributed by atoms with Gasteiger partial charge in [0.05, 0.1) is 30.6 Å². The van der Waals surface area contributed by atoms with Gasteiger partial charge in [0.15, 0.2) is 17.3 Å². The number of hydrogen-bond acceptors (Lipinski definition) is 8. The first-order valence-electron chi connectivity index (χ1n) is 8.02. The average Bonchev–Trinajstić information content (AvgIpc) is 3.13. The third-order valence-corrected chi connectivity index (χ3v) is 6.02. The molecule has 27 heavy (non-hydrogen) atoms. The first-order chi connectivity index (χ1) is 13.0. The second-order valence-electron chi connectivity index (χ2n) is 5.95. The monoisotopic (exact) mass is 389 g/mol. The third-order valence-electron chi connectivity index (χ3n) is 4.39. The molecule has 9 heteroatoms. The molecule has 4 rings (SSSR count). The van der Waals surface area contributed by atoms with Crippen molar-refractivity contribution < 1.29 is 33.5 Å². The molecule has 2 atom stereocenters. The molecule has 0 radical (unpaired) electrons. The molecule has 0 saturated carbocycles. The van der Waals surface area contributed by atoms with Crippen LogP contribution in [0.5, 0.6) is 11.5 Å². The summed E-state index contributed by atoms with van der Waals surface area (Å²) in [7, 11) is 1.16. The quantitative estimate of drug-likeness (QED) is 0.608. The Kier molecular flexibility index (Phi) is 4.33. The third kappa shape index (κ3) is 2.84. The van der Waals surface area contributed by atoms with E-state index in [-0.39, 0.29) is 24.6 Å². The van der Waals surface area contributed by atoms with Gasteiger partial charge in [-0.15, -0.1) is 0 Å². The molecule has 1 N–H and O–H groups in total. The van der Waals surface area contributed by atoms with E-state index in [2.05, 4.69) is 0 Å². The van der Waals surface area contributed by atoms with Crippen LogP contribution in [0.3, 0.4) is 0 Å². The smallest absolute Gasteiger partial charge is 0.362 e. The van der Waals surface area contributed by atoms with Gasteiger partial charge in [-0.25, -0.2) is 4.79 Å². The summed E-state index contributed by atoms with van der Waals surface area (Å²) in [6.07, 6.45) is 4.21. The second kappa shape index (κ2) is 6.67. The highest BCUT2D eigenvalue weighted by molar-refractivity contribution is 7.91. The number of ether oxygens (including phenoxy) is 3. The van der Waals surface area contributed by atoms with Gasteiger partial charge in [0.2, 0.25) is 23.5 Å². The number of hydrogen-bond donors (Lipinski definition) is 1. The zero-order valence-electron chi connectivity index (χ0n) is 14.2. The van der Waals surface area contributed by atoms with Crippen molar-refractivity contribution in [3.05, 3.63) is 59.0 Å². The number of ketones is 1. The first kappa shape index (κ1) is 17.5. The Hall–Kier alpha value is -2.91. The molecule has 1 aromatic rings. The number of carbonyl (C=O) groups excluding carboxylic acids is 2. The Bertz CT molecular complexity index is 920. The summed E-state index contributed by atoms with van der Waals surface area (Å²) >= 11 is -1.92. The molecule has 0 bridgehead atoms. The zero-order valence-corrected chi connectivity index (χ0v) is 15.0. The summed E-state index contributed by atoms with van der Waals surface area (Å²) in [4.78, 5) is 24.5. The topological polar surface area (TPSA) is 108 Å². The predicted molar refractivity (Wildman–Crippen MR) is 93.9 cm³/mol. The van der Waals surface area contributed by atoms with Crippen molar-refractivity contribution in [2.45, 2.75) is 11.8 Å². The fraction of sp³-hybridized carbons (Fsp3) is 0.222. The summed E-state index contributed by atoms with van der Waals surface area (Å²) in [5.74, 6) is -0.548. The fourth-order valence-electron chi connectivity index (χ4n) is 3.10. The average molecular weight is 389 g/mol. The number of carbonyl (C=O) groups is 2. The number of allylic oxidation sites excluding steroid dienone is 4. The van der Waals surface area contributed by atoms with Crippen LogP contribution in [0.1, 0.15) is 5.56 Å². The van der Waals surface area contributed by atoms with Crippen LogP contribution in [-0.4, -0.2) is 44.9 Å². The Morgan fingerprint density at radius 1 is 1.41 bits per heavy atom. The second-order valence-corrected chi connectivity index (χ2v) is 7.42. The van der Waals surface area contributed by atoms with E-state index in [4.69, 9.17) is 14.2 Å². The van der Waals surface area contributed by atoms with Gasteiger partial charge in [-0.05, 0) is 29.8 Å². The van der Waals surface area contributed by atoms with Crippen LogP contribution < -0.4 is 9.47 Å². The summed E-state index contributed by atoms with van der Waals surface area (Å²) < 4.78 is 29.6. The van der Waals surface area contributed by atoms with Crippen LogP contribution in [0, 0.1) is 0 Å². The van der Waals surface area contributed by atoms with Crippen molar-refractivity contribution in [1.29, 1.82) is 0 Å². The molecule has 1 aromatic carbocycles. The van der Waals surface area contributed by atoms with Crippen LogP contribution in [0.15, 0.2) is 53.5 Å². The predicted octanol–water partition coefficient (Wildman–Crippen LogP) is 1.27. The van der Waals surface area contributed by atoms with Crippen molar-refractivity contribution in [1.82, 2.24) is 4.31 Å². The van der Waals surface area contributed by atoms with Crippen LogP contribution >= 0.6 is 0 Å². The van der Waals surface area contributed by atoms with E-state index in [9.17, 15) is 19.2 Å². The number of aliphatic hydroxyl groups is 1. The minimum absolute atomic E-state index is 0.00147. The number of rotatable bonds is 3. The Labute approximate surface area is 157 Å². The van der Waals surface area contributed by atoms with Crippen LogP contribution in [0.4, 0.5) is 0 Å². The highest BCUT2D eigenvalue weighted by atomic mass is 32.2. The van der Waals surface area contributed by atoms with Crippen LogP contribution in [0.2, 0.25) is 0 Å². The molecule has 1 aliphatic carbocycles. The molecule has 0 amide bonds. The normalized spacial score (nSPS) is 23.3. The number of benzene rings is 1. The minimum Gasteiger partial charge on any atom is -0.592 e. The zero-order chi connectivity index (χ0) is 19.1. The molecule has 8 nitrogen and oxygen atoms in total. The van der Waals surface area contributed by atoms with E-state index in [0.29, 0.717) is 17.1 Å². The molecule has 0 aromatic heterocycles. The summed E-state index contributed by atoms with van der Waals surface area (Å²) in [6, 6.07) is 5.12. The standard InChI is InChI=1S/C18H15NO7S/c1-24-18(22)15-16(21)11-3-2-4-12(20)17(11)27(23)19(15)8-10-5-6-13-14(7-10)26-9-25-13/h2-7,17,21H,8-9H2,1H3. The molecule has 140 valence electrons. The molecule has 2 aliphatic heterocycles. The first-order valence-corrected chi connectivity index (χ1v) is 9.19. The number of nitrogens with zero attached hydrogens (tertiary/aromatic N) is 1. The number of esters is 1. The summed E-state index contributed by atoms with van der Waals surface area (Å²) in [5, 5.41) is 9.54. The largest absolute Gasteiger partial charge is 0.592 e. The van der Waals surface area contributed by atoms with E-state index < -0.39 is 34.1 Å². The lowest BCUT2D eigenvalue weighted by Crippen LogP contribution is -2.49. The van der Waals surface area contributed by atoms with E-state index in [1.165, 1.54) is 22.5 Å². The number of fused-ring (bicyclic) bond motifs is 2. The van der Waals surface area contributed by atoms with E-state index >= 15 is 0 Å². The maximum atomic E-state index is 13.1. The number of aliphatic hydroxyl groups excluding tert-OH is 1. The van der Waals surface area contributed by atoms with E-state index in [1.807, 2.05) is 0 Å². The lowest BCUT2D eigenvalue weighted by molar-refractivity contribution is -0.137. The highest BCUT2D eigenvalue weighted by Gasteiger charge is 2.49. The SMILES string of the molecule is COC(=O)C1=C(O)C2=CC=CC(=O)C2[S+]([O-])N1Cc1ccc2c(c1)OCO2. The molecule has 2 unspecified atom stereocenters. The molecular formula is C18H15NO7S. The lowest BCUT2D eigenvalue weighted by Gasteiger charge is -2.36. The number of methoxy groups -OCH3 is 1. The van der Waals surface area contributed by atoms with E-state index in [0.717, 1.165) is 7.11 Å². The van der Waals surface area contributed by atoms with Crippen molar-refractivity contribution in [3.63, 3.8) is 0 Å². The molecule has 0 fully saturated rings.